The second-order valence-electron chi connectivity index (χ2n) is 4.29. The van der Waals surface area contributed by atoms with E-state index in [9.17, 15) is 4.79 Å². The molecule has 1 aromatic carbocycles. The van der Waals surface area contributed by atoms with Crippen molar-refractivity contribution in [2.75, 3.05) is 7.11 Å². The van der Waals surface area contributed by atoms with Gasteiger partial charge in [0.15, 0.2) is 6.04 Å². The number of carbonyl (C=O) groups is 1. The molecule has 0 N–H and O–H groups in total. The molecule has 0 amide bonds. The highest BCUT2D eigenvalue weighted by molar-refractivity contribution is 5.83. The summed E-state index contributed by atoms with van der Waals surface area (Å²) in [6.45, 7) is 0. The van der Waals surface area contributed by atoms with Crippen LogP contribution in [0.4, 0.5) is 0 Å². The van der Waals surface area contributed by atoms with Crippen LogP contribution in [0, 0.1) is 0 Å². The summed E-state index contributed by atoms with van der Waals surface area (Å²) in [6.07, 6.45) is 5.56. The summed E-state index contributed by atoms with van der Waals surface area (Å²) in [6, 6.07) is 12.9. The molecule has 0 radical (unpaired) electrons. The molecule has 1 atom stereocenters. The zero-order valence-corrected chi connectivity index (χ0v) is 11.3. The summed E-state index contributed by atoms with van der Waals surface area (Å²) < 4.78 is 4.80. The lowest BCUT2D eigenvalue weighted by Gasteiger charge is -2.10. The Morgan fingerprint density at radius 1 is 1.30 bits per heavy atom. The monoisotopic (exact) mass is 268 g/mol. The van der Waals surface area contributed by atoms with Gasteiger partial charge in [-0.3, -0.25) is 9.98 Å². The Morgan fingerprint density at radius 3 is 2.75 bits per heavy atom. The minimum atomic E-state index is -0.539. The van der Waals surface area contributed by atoms with E-state index in [1.54, 1.807) is 18.6 Å². The number of hydrogen-bond donors (Lipinski definition) is 0. The highest BCUT2D eigenvalue weighted by Crippen LogP contribution is 2.07. The van der Waals surface area contributed by atoms with Crippen molar-refractivity contribution in [1.29, 1.82) is 0 Å². The number of nitrogens with zero attached hydrogens (tertiary/aromatic N) is 2. The Hall–Kier alpha value is -2.49. The fourth-order valence-electron chi connectivity index (χ4n) is 1.80. The van der Waals surface area contributed by atoms with E-state index >= 15 is 0 Å². The number of aliphatic imine (C=N–C) groups is 1. The topological polar surface area (TPSA) is 51.5 Å². The first-order valence-electron chi connectivity index (χ1n) is 6.34. The van der Waals surface area contributed by atoms with Crippen LogP contribution in [0.3, 0.4) is 0 Å². The van der Waals surface area contributed by atoms with Gasteiger partial charge in [-0.25, -0.2) is 4.79 Å². The molecule has 0 spiro atoms. The number of benzene rings is 1. The van der Waals surface area contributed by atoms with E-state index in [1.807, 2.05) is 42.5 Å². The first-order valence-corrected chi connectivity index (χ1v) is 6.34. The molecule has 1 unspecified atom stereocenters. The molecular formula is C16H16N2O2. The molecule has 4 heteroatoms. The van der Waals surface area contributed by atoms with Gasteiger partial charge in [-0.1, -0.05) is 36.4 Å². The van der Waals surface area contributed by atoms with Crippen molar-refractivity contribution in [1.82, 2.24) is 4.98 Å². The molecule has 0 fully saturated rings. The van der Waals surface area contributed by atoms with Gasteiger partial charge in [0.2, 0.25) is 0 Å². The van der Waals surface area contributed by atoms with Gasteiger partial charge in [0.1, 0.15) is 0 Å². The molecule has 0 saturated carbocycles. The summed E-state index contributed by atoms with van der Waals surface area (Å²) in [5, 5.41) is 0. The average molecular weight is 268 g/mol. The largest absolute Gasteiger partial charge is 0.467 e. The van der Waals surface area contributed by atoms with Crippen molar-refractivity contribution < 1.29 is 9.53 Å². The number of carbonyl (C=O) groups excluding carboxylic acids is 1. The normalized spacial score (nSPS) is 12.2. The quantitative estimate of drug-likeness (QED) is 0.617. The van der Waals surface area contributed by atoms with Gasteiger partial charge >= 0.3 is 5.97 Å². The lowest BCUT2D eigenvalue weighted by Crippen LogP contribution is -2.23. The van der Waals surface area contributed by atoms with Crippen molar-refractivity contribution >= 4 is 12.2 Å². The maximum absolute atomic E-state index is 11.8. The molecule has 1 aromatic heterocycles. The van der Waals surface area contributed by atoms with Crippen molar-refractivity contribution in [2.45, 2.75) is 12.5 Å². The number of esters is 1. The first kappa shape index (κ1) is 13.9. The average Bonchev–Trinajstić information content (AvgIpc) is 2.52. The third-order valence-corrected chi connectivity index (χ3v) is 2.83. The number of pyridine rings is 1. The van der Waals surface area contributed by atoms with Gasteiger partial charge in [-0.2, -0.15) is 0 Å². The molecule has 1 heterocycles. The predicted molar refractivity (Wildman–Crippen MR) is 77.8 cm³/mol. The minimum Gasteiger partial charge on any atom is -0.467 e. The summed E-state index contributed by atoms with van der Waals surface area (Å²) in [5.41, 5.74) is 1.90. The number of rotatable bonds is 5. The van der Waals surface area contributed by atoms with Gasteiger partial charge in [-0.05, 0) is 11.6 Å². The standard InChI is InChI=1S/C16H16N2O2/c1-20-16(19)15(10-13-6-3-2-4-7-13)18-12-14-8-5-9-17-11-14/h2-9,11-12,15H,10H2,1H3. The maximum Gasteiger partial charge on any atom is 0.330 e. The summed E-state index contributed by atoms with van der Waals surface area (Å²) >= 11 is 0. The lowest BCUT2D eigenvalue weighted by molar-refractivity contribution is -0.142. The summed E-state index contributed by atoms with van der Waals surface area (Å²) in [7, 11) is 1.37. The minimum absolute atomic E-state index is 0.339. The molecule has 4 nitrogen and oxygen atoms in total. The maximum atomic E-state index is 11.8. The van der Waals surface area contributed by atoms with Crippen LogP contribution in [0.1, 0.15) is 11.1 Å². The molecule has 20 heavy (non-hydrogen) atoms. The Kier molecular flexibility index (Phi) is 5.00. The van der Waals surface area contributed by atoms with E-state index in [0.717, 1.165) is 11.1 Å². The molecular weight excluding hydrogens is 252 g/mol. The predicted octanol–water partition coefficient (Wildman–Crippen LogP) is 2.28. The van der Waals surface area contributed by atoms with Crippen molar-refractivity contribution in [2.24, 2.45) is 4.99 Å². The van der Waals surface area contributed by atoms with Gasteiger partial charge in [-0.15, -0.1) is 0 Å². The van der Waals surface area contributed by atoms with E-state index in [2.05, 4.69) is 9.98 Å². The van der Waals surface area contributed by atoms with Crippen LogP contribution in [0.15, 0.2) is 59.9 Å². The highest BCUT2D eigenvalue weighted by Gasteiger charge is 2.17. The van der Waals surface area contributed by atoms with Crippen LogP contribution in [0.25, 0.3) is 0 Å². The summed E-state index contributed by atoms with van der Waals surface area (Å²) in [5.74, 6) is -0.339. The molecule has 2 rings (SSSR count). The van der Waals surface area contributed by atoms with Crippen molar-refractivity contribution in [3.63, 3.8) is 0 Å². The first-order chi connectivity index (χ1) is 9.79. The van der Waals surface area contributed by atoms with Crippen molar-refractivity contribution in [3.05, 3.63) is 66.0 Å². The lowest BCUT2D eigenvalue weighted by atomic mass is 10.1. The van der Waals surface area contributed by atoms with Crippen LogP contribution in [0.2, 0.25) is 0 Å². The van der Waals surface area contributed by atoms with Crippen LogP contribution in [0.5, 0.6) is 0 Å². The van der Waals surface area contributed by atoms with E-state index in [-0.39, 0.29) is 5.97 Å². The molecule has 0 aliphatic heterocycles. The Balaban J connectivity index is 2.12. The van der Waals surface area contributed by atoms with Gasteiger partial charge in [0.25, 0.3) is 0 Å². The molecule has 0 bridgehead atoms. The SMILES string of the molecule is COC(=O)C(Cc1ccccc1)N=Cc1cccnc1. The Labute approximate surface area is 118 Å². The third-order valence-electron chi connectivity index (χ3n) is 2.83. The van der Waals surface area contributed by atoms with E-state index in [1.165, 1.54) is 7.11 Å². The van der Waals surface area contributed by atoms with Gasteiger partial charge < -0.3 is 4.74 Å². The smallest absolute Gasteiger partial charge is 0.330 e. The third kappa shape index (κ3) is 4.02. The van der Waals surface area contributed by atoms with Crippen LogP contribution in [-0.4, -0.2) is 30.3 Å². The van der Waals surface area contributed by atoms with E-state index in [4.69, 9.17) is 4.74 Å². The molecule has 0 aliphatic rings. The Bertz CT molecular complexity index is 568. The second kappa shape index (κ2) is 7.19. The molecule has 102 valence electrons. The van der Waals surface area contributed by atoms with Crippen molar-refractivity contribution in [3.8, 4) is 0 Å². The number of ether oxygens (including phenoxy) is 1. The van der Waals surface area contributed by atoms with E-state index in [0.29, 0.717) is 6.42 Å². The second-order valence-corrected chi connectivity index (χ2v) is 4.29. The molecule has 0 aliphatic carbocycles. The zero-order chi connectivity index (χ0) is 14.2. The van der Waals surface area contributed by atoms with Gasteiger partial charge in [0, 0.05) is 30.6 Å². The fraction of sp³-hybridized carbons (Fsp3) is 0.188. The van der Waals surface area contributed by atoms with Crippen LogP contribution >= 0.6 is 0 Å². The highest BCUT2D eigenvalue weighted by atomic mass is 16.5. The van der Waals surface area contributed by atoms with Gasteiger partial charge in [0.05, 0.1) is 7.11 Å². The number of methoxy groups -OCH3 is 1. The Morgan fingerprint density at radius 2 is 2.10 bits per heavy atom. The van der Waals surface area contributed by atoms with Crippen LogP contribution < -0.4 is 0 Å². The zero-order valence-electron chi connectivity index (χ0n) is 11.3. The molecule has 0 saturated heterocycles. The van der Waals surface area contributed by atoms with E-state index < -0.39 is 6.04 Å². The fourth-order valence-corrected chi connectivity index (χ4v) is 1.80. The molecule has 2 aromatic rings. The van der Waals surface area contributed by atoms with Crippen LogP contribution in [-0.2, 0) is 16.0 Å². The summed E-state index contributed by atoms with van der Waals surface area (Å²) in [4.78, 5) is 20.1. The number of hydrogen-bond acceptors (Lipinski definition) is 4. The number of aromatic nitrogens is 1.